The van der Waals surface area contributed by atoms with Crippen molar-refractivity contribution in [1.82, 2.24) is 14.1 Å². The topological polar surface area (TPSA) is 112 Å². The van der Waals surface area contributed by atoms with E-state index in [1.807, 2.05) is 48.0 Å². The highest BCUT2D eigenvalue weighted by atomic mass is 16.6. The minimum absolute atomic E-state index is 0.0465. The van der Waals surface area contributed by atoms with Crippen LogP contribution < -0.4 is 0 Å². The summed E-state index contributed by atoms with van der Waals surface area (Å²) in [5.74, 6) is 0. The predicted octanol–water partition coefficient (Wildman–Crippen LogP) is 5.15. The fourth-order valence-electron chi connectivity index (χ4n) is 4.21. The Hall–Kier alpha value is -4.40. The number of non-ortho nitro benzene ring substituents is 2. The van der Waals surface area contributed by atoms with E-state index in [1.165, 1.54) is 12.1 Å². The number of nitrogens with zero attached hydrogens (tertiary/aromatic N) is 4. The van der Waals surface area contributed by atoms with Crippen LogP contribution in [0, 0.1) is 20.2 Å². The largest absolute Gasteiger partial charge is 0.366 e. The first-order valence-electron chi connectivity index (χ1n) is 9.49. The zero-order valence-corrected chi connectivity index (χ0v) is 16.7. The molecule has 3 heterocycles. The van der Waals surface area contributed by atoms with E-state index in [1.54, 1.807) is 24.3 Å². The molecule has 0 saturated carbocycles. The SMILES string of the molecule is Cn1cc(-c2c[nH]cc2-c2cn(C)c3cc([N+](=O)[O-])ccc23)c2ccc([N+](=O)[O-])cc21. The number of hydrogen-bond acceptors (Lipinski definition) is 4. The number of aryl methyl sites for hydroxylation is 2. The molecule has 0 radical (unpaired) electrons. The van der Waals surface area contributed by atoms with Gasteiger partial charge in [-0.1, -0.05) is 0 Å². The van der Waals surface area contributed by atoms with Crippen LogP contribution in [-0.4, -0.2) is 24.0 Å². The van der Waals surface area contributed by atoms with Gasteiger partial charge in [-0.2, -0.15) is 0 Å². The molecule has 0 aliphatic rings. The standard InChI is InChI=1S/C22H17N5O4/c1-24-11-19(15-5-3-13(26(28)29)7-21(15)24)17-9-23-10-18(17)20-12-25(2)22-8-14(27(30)31)4-6-16(20)22/h3-12,23H,1-2H3. The lowest BCUT2D eigenvalue weighted by molar-refractivity contribution is -0.384. The third-order valence-electron chi connectivity index (χ3n) is 5.70. The molecule has 0 saturated heterocycles. The summed E-state index contributed by atoms with van der Waals surface area (Å²) in [6.45, 7) is 0. The van der Waals surface area contributed by atoms with E-state index in [9.17, 15) is 20.2 Å². The molecule has 31 heavy (non-hydrogen) atoms. The van der Waals surface area contributed by atoms with Crippen molar-refractivity contribution in [2.45, 2.75) is 0 Å². The van der Waals surface area contributed by atoms with Crippen molar-refractivity contribution in [1.29, 1.82) is 0 Å². The molecule has 2 aromatic carbocycles. The van der Waals surface area contributed by atoms with Crippen molar-refractivity contribution in [3.8, 4) is 22.3 Å². The maximum Gasteiger partial charge on any atom is 0.271 e. The van der Waals surface area contributed by atoms with Gasteiger partial charge in [-0.25, -0.2) is 0 Å². The van der Waals surface area contributed by atoms with Crippen molar-refractivity contribution >= 4 is 33.2 Å². The minimum Gasteiger partial charge on any atom is -0.366 e. The van der Waals surface area contributed by atoms with Gasteiger partial charge in [0.05, 0.1) is 20.9 Å². The molecular weight excluding hydrogens is 398 g/mol. The molecule has 9 nitrogen and oxygen atoms in total. The smallest absolute Gasteiger partial charge is 0.271 e. The first-order chi connectivity index (χ1) is 14.8. The molecule has 0 unspecified atom stereocenters. The van der Waals surface area contributed by atoms with Crippen molar-refractivity contribution in [3.05, 3.63) is 81.4 Å². The number of hydrogen-bond donors (Lipinski definition) is 1. The van der Waals surface area contributed by atoms with Crippen LogP contribution in [0.2, 0.25) is 0 Å². The summed E-state index contributed by atoms with van der Waals surface area (Å²) >= 11 is 0. The molecule has 5 aromatic rings. The van der Waals surface area contributed by atoms with Crippen LogP contribution in [-0.2, 0) is 14.1 Å². The van der Waals surface area contributed by atoms with Gasteiger partial charge >= 0.3 is 0 Å². The number of benzene rings is 2. The Bertz CT molecular complexity index is 1410. The van der Waals surface area contributed by atoms with Gasteiger partial charge in [0.1, 0.15) is 0 Å². The lowest BCUT2D eigenvalue weighted by atomic mass is 9.98. The average Bonchev–Trinajstić information content (AvgIpc) is 3.43. The molecule has 0 atom stereocenters. The highest BCUT2D eigenvalue weighted by Gasteiger charge is 2.20. The second-order valence-corrected chi connectivity index (χ2v) is 7.51. The Morgan fingerprint density at radius 2 is 1.13 bits per heavy atom. The maximum absolute atomic E-state index is 11.2. The first kappa shape index (κ1) is 18.6. The summed E-state index contributed by atoms with van der Waals surface area (Å²) in [6, 6.07) is 9.70. The van der Waals surface area contributed by atoms with Crippen molar-refractivity contribution in [2.24, 2.45) is 14.1 Å². The molecule has 154 valence electrons. The lowest BCUT2D eigenvalue weighted by Crippen LogP contribution is -1.89. The van der Waals surface area contributed by atoms with Gasteiger partial charge in [-0.05, 0) is 12.1 Å². The Labute approximate surface area is 175 Å². The third-order valence-corrected chi connectivity index (χ3v) is 5.70. The van der Waals surface area contributed by atoms with Gasteiger partial charge in [0.2, 0.25) is 0 Å². The maximum atomic E-state index is 11.2. The van der Waals surface area contributed by atoms with Gasteiger partial charge in [0.15, 0.2) is 0 Å². The zero-order valence-electron chi connectivity index (χ0n) is 16.7. The molecular formula is C22H17N5O4. The molecule has 0 aliphatic heterocycles. The number of nitro benzene ring substituents is 2. The van der Waals surface area contributed by atoms with Gasteiger partial charge < -0.3 is 14.1 Å². The van der Waals surface area contributed by atoms with Crippen LogP contribution in [0.1, 0.15) is 0 Å². The molecule has 1 N–H and O–H groups in total. The molecule has 0 amide bonds. The van der Waals surface area contributed by atoms with Gasteiger partial charge in [0.25, 0.3) is 11.4 Å². The molecule has 0 spiro atoms. The summed E-state index contributed by atoms with van der Waals surface area (Å²) in [7, 11) is 3.72. The van der Waals surface area contributed by atoms with Crippen molar-refractivity contribution in [3.63, 3.8) is 0 Å². The van der Waals surface area contributed by atoms with E-state index in [0.717, 1.165) is 44.1 Å². The Morgan fingerprint density at radius 3 is 1.52 bits per heavy atom. The summed E-state index contributed by atoms with van der Waals surface area (Å²) in [4.78, 5) is 24.7. The van der Waals surface area contributed by atoms with Gasteiger partial charge in [0, 0.05) is 96.2 Å². The summed E-state index contributed by atoms with van der Waals surface area (Å²) < 4.78 is 3.75. The molecule has 0 bridgehead atoms. The Morgan fingerprint density at radius 1 is 0.710 bits per heavy atom. The lowest BCUT2D eigenvalue weighted by Gasteiger charge is -2.03. The molecule has 3 aromatic heterocycles. The number of fused-ring (bicyclic) bond motifs is 2. The predicted molar refractivity (Wildman–Crippen MR) is 118 cm³/mol. The summed E-state index contributed by atoms with van der Waals surface area (Å²) in [5, 5.41) is 24.2. The second-order valence-electron chi connectivity index (χ2n) is 7.51. The zero-order chi connectivity index (χ0) is 21.9. The summed E-state index contributed by atoms with van der Waals surface area (Å²) in [6.07, 6.45) is 7.71. The highest BCUT2D eigenvalue weighted by Crippen LogP contribution is 2.41. The first-order valence-corrected chi connectivity index (χ1v) is 9.49. The highest BCUT2D eigenvalue weighted by molar-refractivity contribution is 6.05. The van der Waals surface area contributed by atoms with Crippen LogP contribution >= 0.6 is 0 Å². The fraction of sp³-hybridized carbons (Fsp3) is 0.0909. The summed E-state index contributed by atoms with van der Waals surface area (Å²) in [5.41, 5.74) is 5.42. The Kier molecular flexibility index (Phi) is 3.94. The van der Waals surface area contributed by atoms with Crippen LogP contribution in [0.15, 0.2) is 61.2 Å². The Balaban J connectivity index is 1.71. The number of rotatable bonds is 4. The number of aromatic nitrogens is 3. The molecule has 0 fully saturated rings. The normalized spacial score (nSPS) is 11.4. The number of H-pyrrole nitrogens is 1. The van der Waals surface area contributed by atoms with E-state index >= 15 is 0 Å². The number of nitrogens with one attached hydrogen (secondary N) is 1. The quantitative estimate of drug-likeness (QED) is 0.323. The second kappa shape index (κ2) is 6.56. The number of nitro groups is 2. The van der Waals surface area contributed by atoms with Crippen molar-refractivity contribution < 1.29 is 9.85 Å². The fourth-order valence-corrected chi connectivity index (χ4v) is 4.21. The van der Waals surface area contributed by atoms with Crippen LogP contribution in [0.25, 0.3) is 44.1 Å². The molecule has 5 rings (SSSR count). The minimum atomic E-state index is -0.400. The van der Waals surface area contributed by atoms with Gasteiger partial charge in [-0.15, -0.1) is 0 Å². The molecule has 9 heteroatoms. The van der Waals surface area contributed by atoms with E-state index in [4.69, 9.17) is 0 Å². The van der Waals surface area contributed by atoms with Crippen LogP contribution in [0.5, 0.6) is 0 Å². The van der Waals surface area contributed by atoms with E-state index < -0.39 is 9.85 Å². The molecule has 0 aliphatic carbocycles. The van der Waals surface area contributed by atoms with Crippen LogP contribution in [0.3, 0.4) is 0 Å². The third kappa shape index (κ3) is 2.78. The van der Waals surface area contributed by atoms with Gasteiger partial charge in [-0.3, -0.25) is 20.2 Å². The van der Waals surface area contributed by atoms with Crippen molar-refractivity contribution in [2.75, 3.05) is 0 Å². The van der Waals surface area contributed by atoms with E-state index in [-0.39, 0.29) is 11.4 Å². The number of aromatic amines is 1. The van der Waals surface area contributed by atoms with Crippen LogP contribution in [0.4, 0.5) is 11.4 Å². The monoisotopic (exact) mass is 415 g/mol. The average molecular weight is 415 g/mol. The van der Waals surface area contributed by atoms with E-state index in [0.29, 0.717) is 0 Å². The van der Waals surface area contributed by atoms with E-state index in [2.05, 4.69) is 4.98 Å².